The van der Waals surface area contributed by atoms with Gasteiger partial charge in [0.15, 0.2) is 0 Å². The van der Waals surface area contributed by atoms with E-state index in [-0.39, 0.29) is 11.7 Å². The number of alkyl carbamates (subject to hydrolysis) is 1. The van der Waals surface area contributed by atoms with Gasteiger partial charge in [0.05, 0.1) is 19.2 Å². The molecule has 0 saturated carbocycles. The van der Waals surface area contributed by atoms with Crippen LogP contribution in [0.4, 0.5) is 4.79 Å². The molecule has 1 unspecified atom stereocenters. The lowest BCUT2D eigenvalue weighted by Crippen LogP contribution is -2.48. The quantitative estimate of drug-likeness (QED) is 0.732. The van der Waals surface area contributed by atoms with Crippen LogP contribution in [0.25, 0.3) is 21.8 Å². The van der Waals surface area contributed by atoms with Crippen LogP contribution in [0.15, 0.2) is 48.5 Å². The minimum atomic E-state index is -0.461. The summed E-state index contributed by atoms with van der Waals surface area (Å²) in [6.45, 7) is 3.45. The molecule has 2 aromatic carbocycles. The van der Waals surface area contributed by atoms with E-state index >= 15 is 0 Å². The van der Waals surface area contributed by atoms with E-state index in [4.69, 9.17) is 4.74 Å². The minimum Gasteiger partial charge on any atom is -0.441 e. The number of hydrogen-bond donors (Lipinski definition) is 2. The second-order valence-corrected chi connectivity index (χ2v) is 8.03. The Morgan fingerprint density at radius 2 is 1.61 bits per heavy atom. The number of nitrogens with one attached hydrogen (secondary N) is 1. The number of carbonyl (C=O) groups is 1. The molecule has 1 atom stereocenters. The van der Waals surface area contributed by atoms with Gasteiger partial charge in [0.25, 0.3) is 0 Å². The van der Waals surface area contributed by atoms with E-state index in [0.29, 0.717) is 19.6 Å². The number of amides is 1. The van der Waals surface area contributed by atoms with Crippen LogP contribution >= 0.6 is 0 Å². The zero-order valence-electron chi connectivity index (χ0n) is 15.8. The number of aliphatic hydroxyl groups is 1. The molecule has 0 aliphatic carbocycles. The molecule has 3 aromatic rings. The first-order chi connectivity index (χ1) is 13.6. The number of benzene rings is 2. The molecular weight excluding hydrogens is 354 g/mol. The van der Waals surface area contributed by atoms with Gasteiger partial charge in [0, 0.05) is 54.3 Å². The third-order valence-corrected chi connectivity index (χ3v) is 6.17. The van der Waals surface area contributed by atoms with Crippen LogP contribution in [0.1, 0.15) is 12.8 Å². The summed E-state index contributed by atoms with van der Waals surface area (Å²) in [4.78, 5) is 13.7. The number of ether oxygens (including phenoxy) is 1. The topological polar surface area (TPSA) is 66.7 Å². The van der Waals surface area contributed by atoms with E-state index in [2.05, 4.69) is 51.2 Å². The molecular formula is C22H25N3O3. The summed E-state index contributed by atoms with van der Waals surface area (Å²) in [6.07, 6.45) is 0.860. The fourth-order valence-corrected chi connectivity index (χ4v) is 4.69. The monoisotopic (exact) mass is 379 g/mol. The Balaban J connectivity index is 1.30. The summed E-state index contributed by atoms with van der Waals surface area (Å²) in [7, 11) is 0. The minimum absolute atomic E-state index is 0.306. The number of fused-ring (bicyclic) bond motifs is 3. The zero-order chi connectivity index (χ0) is 19.1. The molecule has 1 amide bonds. The Morgan fingerprint density at radius 3 is 2.18 bits per heavy atom. The number of piperidine rings is 1. The SMILES string of the molecule is O=C1NCC2(CCN(CC(O)Cn3c4ccccc4c4ccccc43)CC2)O1. The highest BCUT2D eigenvalue weighted by molar-refractivity contribution is 6.07. The predicted molar refractivity (Wildman–Crippen MR) is 108 cm³/mol. The van der Waals surface area contributed by atoms with E-state index in [1.165, 1.54) is 10.8 Å². The van der Waals surface area contributed by atoms with Gasteiger partial charge >= 0.3 is 6.09 Å². The maximum Gasteiger partial charge on any atom is 0.407 e. The van der Waals surface area contributed by atoms with Crippen LogP contribution in [0.5, 0.6) is 0 Å². The van der Waals surface area contributed by atoms with E-state index in [0.717, 1.165) is 37.0 Å². The van der Waals surface area contributed by atoms with Crippen molar-refractivity contribution in [1.82, 2.24) is 14.8 Å². The van der Waals surface area contributed by atoms with Gasteiger partial charge < -0.3 is 24.6 Å². The van der Waals surface area contributed by atoms with Crippen LogP contribution in [0, 0.1) is 0 Å². The van der Waals surface area contributed by atoms with Gasteiger partial charge in [-0.2, -0.15) is 0 Å². The lowest BCUT2D eigenvalue weighted by atomic mass is 9.91. The number of carbonyl (C=O) groups excluding carboxylic acids is 1. The van der Waals surface area contributed by atoms with Gasteiger partial charge in [-0.1, -0.05) is 36.4 Å². The molecule has 2 aliphatic heterocycles. The number of likely N-dealkylation sites (tertiary alicyclic amines) is 1. The molecule has 6 heteroatoms. The molecule has 2 fully saturated rings. The molecule has 3 heterocycles. The highest BCUT2D eigenvalue weighted by Gasteiger charge is 2.42. The Labute approximate surface area is 163 Å². The van der Waals surface area contributed by atoms with Gasteiger partial charge in [-0.25, -0.2) is 4.79 Å². The molecule has 5 rings (SSSR count). The van der Waals surface area contributed by atoms with Gasteiger partial charge in [-0.3, -0.25) is 0 Å². The largest absolute Gasteiger partial charge is 0.441 e. The fourth-order valence-electron chi connectivity index (χ4n) is 4.69. The molecule has 0 radical (unpaired) electrons. The van der Waals surface area contributed by atoms with Crippen molar-refractivity contribution >= 4 is 27.9 Å². The average molecular weight is 379 g/mol. The number of aliphatic hydroxyl groups excluding tert-OH is 1. The second-order valence-electron chi connectivity index (χ2n) is 8.03. The normalized spacial score (nSPS) is 20.5. The van der Waals surface area contributed by atoms with Crippen molar-refractivity contribution in [2.24, 2.45) is 0 Å². The second kappa shape index (κ2) is 6.79. The van der Waals surface area contributed by atoms with Crippen molar-refractivity contribution in [3.63, 3.8) is 0 Å². The van der Waals surface area contributed by atoms with Crippen LogP contribution < -0.4 is 5.32 Å². The van der Waals surface area contributed by atoms with Crippen molar-refractivity contribution in [1.29, 1.82) is 0 Å². The lowest BCUT2D eigenvalue weighted by Gasteiger charge is -2.37. The molecule has 2 saturated heterocycles. The van der Waals surface area contributed by atoms with Gasteiger partial charge in [-0.15, -0.1) is 0 Å². The number of rotatable bonds is 4. The average Bonchev–Trinajstić information content (AvgIpc) is 3.23. The summed E-state index contributed by atoms with van der Waals surface area (Å²) in [5.74, 6) is 0. The molecule has 2 aliphatic rings. The molecule has 0 bridgehead atoms. The number of para-hydroxylation sites is 2. The predicted octanol–water partition coefficient (Wildman–Crippen LogP) is 2.73. The number of aromatic nitrogens is 1. The number of hydrogen-bond acceptors (Lipinski definition) is 4. The highest BCUT2D eigenvalue weighted by Crippen LogP contribution is 2.30. The number of nitrogens with zero attached hydrogens (tertiary/aromatic N) is 2. The van der Waals surface area contributed by atoms with Crippen LogP contribution in [-0.2, 0) is 11.3 Å². The molecule has 1 aromatic heterocycles. The van der Waals surface area contributed by atoms with Gasteiger partial charge in [-0.05, 0) is 12.1 Å². The van der Waals surface area contributed by atoms with E-state index < -0.39 is 6.10 Å². The van der Waals surface area contributed by atoms with Crippen LogP contribution in [0.2, 0.25) is 0 Å². The van der Waals surface area contributed by atoms with Gasteiger partial charge in [0.2, 0.25) is 0 Å². The van der Waals surface area contributed by atoms with Crippen LogP contribution in [-0.4, -0.2) is 58.6 Å². The third kappa shape index (κ3) is 3.02. The molecule has 2 N–H and O–H groups in total. The molecule has 1 spiro atoms. The molecule has 146 valence electrons. The highest BCUT2D eigenvalue weighted by atomic mass is 16.6. The van der Waals surface area contributed by atoms with E-state index in [1.807, 2.05) is 12.1 Å². The Bertz CT molecular complexity index is 967. The molecule has 28 heavy (non-hydrogen) atoms. The fraction of sp³-hybridized carbons (Fsp3) is 0.409. The molecule has 6 nitrogen and oxygen atoms in total. The summed E-state index contributed by atoms with van der Waals surface area (Å²) in [6, 6.07) is 16.7. The number of β-amino-alcohol motifs (C(OH)–C–C–N with tert-alkyl or cyclic N) is 1. The Kier molecular flexibility index (Phi) is 4.25. The van der Waals surface area contributed by atoms with Crippen molar-refractivity contribution < 1.29 is 14.6 Å². The first kappa shape index (κ1) is 17.5. The van der Waals surface area contributed by atoms with Crippen molar-refractivity contribution in [3.8, 4) is 0 Å². The smallest absolute Gasteiger partial charge is 0.407 e. The zero-order valence-corrected chi connectivity index (χ0v) is 15.8. The van der Waals surface area contributed by atoms with Crippen LogP contribution in [0.3, 0.4) is 0 Å². The van der Waals surface area contributed by atoms with Crippen molar-refractivity contribution in [2.75, 3.05) is 26.2 Å². The first-order valence-electron chi connectivity index (χ1n) is 9.97. The third-order valence-electron chi connectivity index (χ3n) is 6.17. The maximum atomic E-state index is 11.4. The van der Waals surface area contributed by atoms with E-state index in [9.17, 15) is 9.90 Å². The summed E-state index contributed by atoms with van der Waals surface area (Å²) in [5, 5.41) is 16.0. The van der Waals surface area contributed by atoms with E-state index in [1.54, 1.807) is 0 Å². The van der Waals surface area contributed by atoms with Crippen molar-refractivity contribution in [3.05, 3.63) is 48.5 Å². The Morgan fingerprint density at radius 1 is 1.00 bits per heavy atom. The van der Waals surface area contributed by atoms with Crippen molar-refractivity contribution in [2.45, 2.75) is 31.1 Å². The van der Waals surface area contributed by atoms with Gasteiger partial charge in [0.1, 0.15) is 5.60 Å². The summed E-state index contributed by atoms with van der Waals surface area (Å²) in [5.41, 5.74) is 1.97. The Hall–Kier alpha value is -2.57. The maximum absolute atomic E-state index is 11.4. The lowest BCUT2D eigenvalue weighted by molar-refractivity contribution is -0.0109. The summed E-state index contributed by atoms with van der Waals surface area (Å²) >= 11 is 0. The summed E-state index contributed by atoms with van der Waals surface area (Å²) < 4.78 is 7.71. The standard InChI is InChI=1S/C22H25N3O3/c26-16(13-24-11-9-22(10-12-24)15-23-21(27)28-22)14-25-19-7-3-1-5-17(19)18-6-2-4-8-20(18)25/h1-8,16,26H,9-15H2,(H,23,27). The first-order valence-corrected chi connectivity index (χ1v) is 9.97.